The van der Waals surface area contributed by atoms with Gasteiger partial charge in [0.1, 0.15) is 30.2 Å². The van der Waals surface area contributed by atoms with Gasteiger partial charge in [0, 0.05) is 0 Å². The lowest BCUT2D eigenvalue weighted by Crippen LogP contribution is -2.19. The number of hydrogen-bond donors (Lipinski definition) is 0. The van der Waals surface area contributed by atoms with Crippen molar-refractivity contribution < 1.29 is 9.13 Å². The van der Waals surface area contributed by atoms with E-state index in [1.165, 1.54) is 18.5 Å². The summed E-state index contributed by atoms with van der Waals surface area (Å²) in [7, 11) is 0. The fraction of sp³-hybridized carbons (Fsp3) is 0.222. The van der Waals surface area contributed by atoms with E-state index >= 15 is 0 Å². The van der Waals surface area contributed by atoms with Gasteiger partial charge in [0.2, 0.25) is 0 Å². The molecule has 0 N–H and O–H groups in total. The second kappa shape index (κ2) is 5.28. The van der Waals surface area contributed by atoms with Crippen LogP contribution in [0.15, 0.2) is 61.2 Å². The zero-order valence-electron chi connectivity index (χ0n) is 12.7. The quantitative estimate of drug-likeness (QED) is 0.694. The second-order valence-electron chi connectivity index (χ2n) is 5.85. The van der Waals surface area contributed by atoms with Gasteiger partial charge in [-0.25, -0.2) is 14.1 Å². The molecule has 2 aromatic carbocycles. The Morgan fingerprint density at radius 1 is 1.22 bits per heavy atom. The van der Waals surface area contributed by atoms with E-state index in [-0.39, 0.29) is 11.9 Å². The number of aryl methyl sites for hydroxylation is 1. The zero-order valence-corrected chi connectivity index (χ0v) is 12.7. The predicted octanol–water partition coefficient (Wildman–Crippen LogP) is 3.39. The van der Waals surface area contributed by atoms with Crippen LogP contribution in [0.4, 0.5) is 4.39 Å². The predicted molar refractivity (Wildman–Crippen MR) is 83.1 cm³/mol. The third kappa shape index (κ3) is 2.43. The highest BCUT2D eigenvalue weighted by atomic mass is 19.1. The Labute approximate surface area is 133 Å². The lowest BCUT2D eigenvalue weighted by molar-refractivity contribution is 0.262. The number of aromatic nitrogens is 3. The van der Waals surface area contributed by atoms with Crippen LogP contribution < -0.4 is 0 Å². The van der Waals surface area contributed by atoms with Gasteiger partial charge in [-0.1, -0.05) is 36.4 Å². The third-order valence-corrected chi connectivity index (χ3v) is 4.34. The first-order chi connectivity index (χ1) is 11.2. The number of benzene rings is 2. The average Bonchev–Trinajstić information content (AvgIpc) is 3.02. The molecule has 2 heterocycles. The summed E-state index contributed by atoms with van der Waals surface area (Å²) in [6.07, 6.45) is 3.02. The van der Waals surface area contributed by atoms with E-state index in [1.807, 2.05) is 18.2 Å². The van der Waals surface area contributed by atoms with Gasteiger partial charge >= 0.3 is 0 Å². The first-order valence-electron chi connectivity index (χ1n) is 7.51. The Balaban J connectivity index is 1.76. The summed E-state index contributed by atoms with van der Waals surface area (Å²) in [5.41, 5.74) is 2.49. The molecule has 2 atom stereocenters. The summed E-state index contributed by atoms with van der Waals surface area (Å²) in [4.78, 5) is 3.98. The molecule has 3 aromatic rings. The Bertz CT molecular complexity index is 834. The molecule has 116 valence electrons. The highest BCUT2D eigenvalue weighted by Crippen LogP contribution is 2.58. The van der Waals surface area contributed by atoms with Gasteiger partial charge in [-0.3, -0.25) is 0 Å². The van der Waals surface area contributed by atoms with Crippen LogP contribution in [0, 0.1) is 12.7 Å². The maximum absolute atomic E-state index is 13.7. The zero-order chi connectivity index (χ0) is 15.9. The van der Waals surface area contributed by atoms with Crippen LogP contribution in [0.5, 0.6) is 0 Å². The molecule has 0 amide bonds. The highest BCUT2D eigenvalue weighted by Gasteiger charge is 2.59. The minimum atomic E-state index is -0.609. The van der Waals surface area contributed by atoms with Crippen LogP contribution in [0.3, 0.4) is 0 Å². The number of epoxide rings is 1. The van der Waals surface area contributed by atoms with Crippen molar-refractivity contribution in [3.63, 3.8) is 0 Å². The molecule has 0 bridgehead atoms. The molecule has 1 aliphatic rings. The SMILES string of the molecule is Cc1ccccc1[C@H]1O[C@]1(Cn1cncn1)c1cccc(F)c1. The summed E-state index contributed by atoms with van der Waals surface area (Å²) in [5.74, 6) is -0.264. The van der Waals surface area contributed by atoms with E-state index in [9.17, 15) is 4.39 Å². The van der Waals surface area contributed by atoms with E-state index in [4.69, 9.17) is 4.74 Å². The van der Waals surface area contributed by atoms with Crippen LogP contribution in [0.25, 0.3) is 0 Å². The van der Waals surface area contributed by atoms with Gasteiger partial charge in [0.15, 0.2) is 0 Å². The van der Waals surface area contributed by atoms with Crippen LogP contribution >= 0.6 is 0 Å². The molecule has 0 spiro atoms. The smallest absolute Gasteiger partial charge is 0.144 e. The largest absolute Gasteiger partial charge is 0.354 e. The number of hydrogen-bond acceptors (Lipinski definition) is 3. The first kappa shape index (κ1) is 14.1. The van der Waals surface area contributed by atoms with Crippen molar-refractivity contribution in [3.8, 4) is 0 Å². The Morgan fingerprint density at radius 2 is 2.09 bits per heavy atom. The van der Waals surface area contributed by atoms with Crippen molar-refractivity contribution in [2.75, 3.05) is 0 Å². The second-order valence-corrected chi connectivity index (χ2v) is 5.85. The summed E-state index contributed by atoms with van der Waals surface area (Å²) in [6.45, 7) is 2.55. The topological polar surface area (TPSA) is 43.2 Å². The molecular weight excluding hydrogens is 293 g/mol. The van der Waals surface area contributed by atoms with Crippen LogP contribution in [0.2, 0.25) is 0 Å². The van der Waals surface area contributed by atoms with E-state index in [0.29, 0.717) is 6.54 Å². The molecule has 1 saturated heterocycles. The van der Waals surface area contributed by atoms with Gasteiger partial charge < -0.3 is 4.74 Å². The maximum Gasteiger partial charge on any atom is 0.144 e. The minimum Gasteiger partial charge on any atom is -0.354 e. The van der Waals surface area contributed by atoms with Crippen molar-refractivity contribution >= 4 is 0 Å². The van der Waals surface area contributed by atoms with Gasteiger partial charge in [-0.2, -0.15) is 5.10 Å². The number of rotatable bonds is 4. The van der Waals surface area contributed by atoms with Gasteiger partial charge in [0.05, 0.1) is 6.54 Å². The fourth-order valence-electron chi connectivity index (χ4n) is 3.11. The van der Waals surface area contributed by atoms with Gasteiger partial charge in [-0.15, -0.1) is 0 Å². The van der Waals surface area contributed by atoms with E-state index < -0.39 is 5.60 Å². The summed E-state index contributed by atoms with van der Waals surface area (Å²) in [5, 5.41) is 4.17. The molecule has 4 rings (SSSR count). The molecule has 5 heteroatoms. The summed E-state index contributed by atoms with van der Waals surface area (Å²) >= 11 is 0. The third-order valence-electron chi connectivity index (χ3n) is 4.34. The summed E-state index contributed by atoms with van der Waals surface area (Å²) < 4.78 is 21.6. The van der Waals surface area contributed by atoms with Crippen molar-refractivity contribution in [1.29, 1.82) is 0 Å². The van der Waals surface area contributed by atoms with Crippen molar-refractivity contribution in [2.24, 2.45) is 0 Å². The number of halogens is 1. The lowest BCUT2D eigenvalue weighted by atomic mass is 9.90. The molecule has 1 aromatic heterocycles. The van der Waals surface area contributed by atoms with Crippen LogP contribution in [0.1, 0.15) is 22.8 Å². The van der Waals surface area contributed by atoms with Gasteiger partial charge in [-0.05, 0) is 35.7 Å². The van der Waals surface area contributed by atoms with Crippen molar-refractivity contribution in [2.45, 2.75) is 25.2 Å². The van der Waals surface area contributed by atoms with Crippen molar-refractivity contribution in [1.82, 2.24) is 14.8 Å². The molecule has 23 heavy (non-hydrogen) atoms. The van der Waals surface area contributed by atoms with E-state index in [2.05, 4.69) is 29.1 Å². The van der Waals surface area contributed by atoms with Gasteiger partial charge in [0.25, 0.3) is 0 Å². The lowest BCUT2D eigenvalue weighted by Gasteiger charge is -2.14. The molecule has 1 aliphatic heterocycles. The Hall–Kier alpha value is -2.53. The molecule has 0 radical (unpaired) electrons. The van der Waals surface area contributed by atoms with Crippen molar-refractivity contribution in [3.05, 3.63) is 83.7 Å². The Kier molecular flexibility index (Phi) is 3.23. The molecule has 0 aliphatic carbocycles. The minimum absolute atomic E-state index is 0.116. The monoisotopic (exact) mass is 309 g/mol. The van der Waals surface area contributed by atoms with E-state index in [1.54, 1.807) is 17.1 Å². The molecular formula is C18H16FN3O. The molecule has 0 saturated carbocycles. The van der Waals surface area contributed by atoms with Crippen LogP contribution in [-0.4, -0.2) is 14.8 Å². The highest BCUT2D eigenvalue weighted by molar-refractivity contribution is 5.39. The number of nitrogens with zero attached hydrogens (tertiary/aromatic N) is 3. The van der Waals surface area contributed by atoms with E-state index in [0.717, 1.165) is 16.7 Å². The Morgan fingerprint density at radius 3 is 2.83 bits per heavy atom. The molecule has 4 nitrogen and oxygen atoms in total. The maximum atomic E-state index is 13.7. The first-order valence-corrected chi connectivity index (χ1v) is 7.51. The molecule has 0 unspecified atom stereocenters. The number of ether oxygens (including phenoxy) is 1. The molecule has 1 fully saturated rings. The summed E-state index contributed by atoms with van der Waals surface area (Å²) in [6, 6.07) is 14.7. The fourth-order valence-corrected chi connectivity index (χ4v) is 3.11. The average molecular weight is 309 g/mol. The normalized spacial score (nSPS) is 23.0. The van der Waals surface area contributed by atoms with Crippen LogP contribution in [-0.2, 0) is 16.9 Å². The standard InChI is InChI=1S/C18H16FN3O/c1-13-5-2-3-8-16(13)17-18(23-17,10-22-12-20-11-21-22)14-6-4-7-15(19)9-14/h2-9,11-12,17H,10H2,1H3/t17-,18-/m1/s1.